The third-order valence-corrected chi connectivity index (χ3v) is 3.20. The van der Waals surface area contributed by atoms with Crippen molar-refractivity contribution in [3.63, 3.8) is 0 Å². The van der Waals surface area contributed by atoms with Crippen LogP contribution in [0.4, 0.5) is 0 Å². The highest BCUT2D eigenvalue weighted by molar-refractivity contribution is 4.58. The van der Waals surface area contributed by atoms with Crippen LogP contribution in [0.15, 0.2) is 0 Å². The number of rotatable bonds is 12. The lowest BCUT2D eigenvalue weighted by atomic mass is 10.1. The van der Waals surface area contributed by atoms with Gasteiger partial charge in [0.15, 0.2) is 0 Å². The van der Waals surface area contributed by atoms with E-state index in [1.165, 1.54) is 77.4 Å². The molecule has 0 saturated heterocycles. The Balaban J connectivity index is 3.45. The van der Waals surface area contributed by atoms with Crippen LogP contribution in [0.25, 0.3) is 0 Å². The van der Waals surface area contributed by atoms with Gasteiger partial charge in [-0.05, 0) is 38.9 Å². The average molecular weight is 227 g/mol. The van der Waals surface area contributed by atoms with Crippen molar-refractivity contribution in [3.05, 3.63) is 0 Å². The maximum absolute atomic E-state index is 2.67. The lowest BCUT2D eigenvalue weighted by molar-refractivity contribution is 0.261. The summed E-state index contributed by atoms with van der Waals surface area (Å²) in [5, 5.41) is 0. The zero-order valence-electron chi connectivity index (χ0n) is 11.9. The molecule has 1 heteroatoms. The number of hydrogen-bond acceptors (Lipinski definition) is 1. The summed E-state index contributed by atoms with van der Waals surface area (Å²) < 4.78 is 0. The van der Waals surface area contributed by atoms with Crippen molar-refractivity contribution < 1.29 is 0 Å². The average Bonchev–Trinajstić information content (AvgIpc) is 2.30. The van der Waals surface area contributed by atoms with Gasteiger partial charge in [0, 0.05) is 0 Å². The Morgan fingerprint density at radius 2 is 1.00 bits per heavy atom. The van der Waals surface area contributed by atoms with Gasteiger partial charge in [-0.1, -0.05) is 59.3 Å². The largest absolute Gasteiger partial charge is 0.303 e. The minimum atomic E-state index is 1.30. The van der Waals surface area contributed by atoms with Gasteiger partial charge in [-0.2, -0.15) is 0 Å². The van der Waals surface area contributed by atoms with Crippen molar-refractivity contribution in [1.29, 1.82) is 0 Å². The van der Waals surface area contributed by atoms with Gasteiger partial charge in [-0.25, -0.2) is 0 Å². The van der Waals surface area contributed by atoms with Crippen molar-refractivity contribution in [2.45, 2.75) is 78.6 Å². The Hall–Kier alpha value is -0.0400. The second-order valence-corrected chi connectivity index (χ2v) is 4.96. The summed E-state index contributed by atoms with van der Waals surface area (Å²) in [6.07, 6.45) is 12.5. The first kappa shape index (κ1) is 16.0. The first-order valence-electron chi connectivity index (χ1n) is 7.57. The normalized spacial score (nSPS) is 11.2. The topological polar surface area (TPSA) is 3.24 Å². The second-order valence-electron chi connectivity index (χ2n) is 4.96. The van der Waals surface area contributed by atoms with Crippen LogP contribution in [-0.4, -0.2) is 24.5 Å². The van der Waals surface area contributed by atoms with Gasteiger partial charge >= 0.3 is 0 Å². The molecule has 0 aliphatic rings. The van der Waals surface area contributed by atoms with Crippen LogP contribution in [-0.2, 0) is 0 Å². The Morgan fingerprint density at radius 1 is 0.500 bits per heavy atom. The highest BCUT2D eigenvalue weighted by Crippen LogP contribution is 2.05. The highest BCUT2D eigenvalue weighted by Gasteiger charge is 2.02. The van der Waals surface area contributed by atoms with Crippen molar-refractivity contribution in [3.8, 4) is 0 Å². The summed E-state index contributed by atoms with van der Waals surface area (Å²) in [6, 6.07) is 0. The maximum Gasteiger partial charge on any atom is -0.00187 e. The molecule has 0 bridgehead atoms. The Kier molecular flexibility index (Phi) is 13.0. The van der Waals surface area contributed by atoms with E-state index >= 15 is 0 Å². The third-order valence-electron chi connectivity index (χ3n) is 3.20. The van der Waals surface area contributed by atoms with E-state index in [1.807, 2.05) is 0 Å². The molecule has 0 radical (unpaired) electrons. The maximum atomic E-state index is 2.67. The summed E-state index contributed by atoms with van der Waals surface area (Å²) in [7, 11) is 0. The van der Waals surface area contributed by atoms with Gasteiger partial charge in [-0.3, -0.25) is 0 Å². The molecule has 16 heavy (non-hydrogen) atoms. The Labute approximate surface area is 104 Å². The summed E-state index contributed by atoms with van der Waals surface area (Å²) in [4.78, 5) is 2.67. The van der Waals surface area contributed by atoms with E-state index in [2.05, 4.69) is 25.7 Å². The van der Waals surface area contributed by atoms with Crippen LogP contribution in [0.3, 0.4) is 0 Å². The Morgan fingerprint density at radius 3 is 1.38 bits per heavy atom. The molecular weight excluding hydrogens is 194 g/mol. The highest BCUT2D eigenvalue weighted by atomic mass is 15.1. The number of nitrogens with zero attached hydrogens (tertiary/aromatic N) is 1. The second kappa shape index (κ2) is 13.0. The van der Waals surface area contributed by atoms with E-state index in [0.717, 1.165) is 0 Å². The fourth-order valence-electron chi connectivity index (χ4n) is 2.18. The van der Waals surface area contributed by atoms with Gasteiger partial charge in [-0.15, -0.1) is 0 Å². The van der Waals surface area contributed by atoms with Crippen LogP contribution >= 0.6 is 0 Å². The van der Waals surface area contributed by atoms with Crippen molar-refractivity contribution in [2.24, 2.45) is 0 Å². The molecule has 0 spiro atoms. The zero-order valence-corrected chi connectivity index (χ0v) is 11.9. The summed E-state index contributed by atoms with van der Waals surface area (Å²) in [5.41, 5.74) is 0. The van der Waals surface area contributed by atoms with Crippen molar-refractivity contribution in [2.75, 3.05) is 19.6 Å². The molecule has 98 valence electrons. The molecule has 0 unspecified atom stereocenters. The minimum absolute atomic E-state index is 1.30. The molecule has 0 aromatic carbocycles. The standard InChI is InChI=1S/C15H33N/c1-4-7-9-11-14-16(13-6-3)15-12-10-8-5-2/h4-15H2,1-3H3. The van der Waals surface area contributed by atoms with Gasteiger partial charge < -0.3 is 4.90 Å². The molecule has 0 aliphatic heterocycles. The molecule has 0 fully saturated rings. The fraction of sp³-hybridized carbons (Fsp3) is 1.00. The first-order valence-corrected chi connectivity index (χ1v) is 7.57. The van der Waals surface area contributed by atoms with Gasteiger partial charge in [0.05, 0.1) is 0 Å². The van der Waals surface area contributed by atoms with Gasteiger partial charge in [0.25, 0.3) is 0 Å². The molecule has 0 atom stereocenters. The van der Waals surface area contributed by atoms with E-state index in [4.69, 9.17) is 0 Å². The van der Waals surface area contributed by atoms with Crippen LogP contribution in [0.1, 0.15) is 78.6 Å². The Bertz CT molecular complexity index is 111. The predicted molar refractivity (Wildman–Crippen MR) is 75.0 cm³/mol. The molecule has 0 aromatic heterocycles. The summed E-state index contributed by atoms with van der Waals surface area (Å²) in [6.45, 7) is 10.8. The fourth-order valence-corrected chi connectivity index (χ4v) is 2.18. The molecule has 0 heterocycles. The van der Waals surface area contributed by atoms with Crippen LogP contribution in [0.2, 0.25) is 0 Å². The first-order chi connectivity index (χ1) is 7.85. The molecule has 0 rings (SSSR count). The van der Waals surface area contributed by atoms with Crippen molar-refractivity contribution >= 4 is 0 Å². The minimum Gasteiger partial charge on any atom is -0.303 e. The van der Waals surface area contributed by atoms with E-state index in [1.54, 1.807) is 0 Å². The number of hydrogen-bond donors (Lipinski definition) is 0. The monoisotopic (exact) mass is 227 g/mol. The quantitative estimate of drug-likeness (QED) is 0.430. The van der Waals surface area contributed by atoms with Crippen LogP contribution in [0, 0.1) is 0 Å². The molecule has 0 aromatic rings. The molecular formula is C15H33N. The van der Waals surface area contributed by atoms with E-state index in [9.17, 15) is 0 Å². The summed E-state index contributed by atoms with van der Waals surface area (Å²) >= 11 is 0. The van der Waals surface area contributed by atoms with E-state index in [0.29, 0.717) is 0 Å². The lowest BCUT2D eigenvalue weighted by Crippen LogP contribution is -2.26. The van der Waals surface area contributed by atoms with Gasteiger partial charge in [0.1, 0.15) is 0 Å². The predicted octanol–water partition coefficient (Wildman–Crippen LogP) is 4.86. The zero-order chi connectivity index (χ0) is 12.1. The number of unbranched alkanes of at least 4 members (excludes halogenated alkanes) is 6. The lowest BCUT2D eigenvalue weighted by Gasteiger charge is -2.21. The smallest absolute Gasteiger partial charge is 0.00187 e. The van der Waals surface area contributed by atoms with Crippen molar-refractivity contribution in [1.82, 2.24) is 4.90 Å². The SMILES string of the molecule is CCCCCCN(CCC)CCCCCC. The van der Waals surface area contributed by atoms with Crippen LogP contribution in [0.5, 0.6) is 0 Å². The summed E-state index contributed by atoms with van der Waals surface area (Å²) in [5.74, 6) is 0. The molecule has 0 aliphatic carbocycles. The van der Waals surface area contributed by atoms with E-state index < -0.39 is 0 Å². The molecule has 1 nitrogen and oxygen atoms in total. The van der Waals surface area contributed by atoms with Gasteiger partial charge in [0.2, 0.25) is 0 Å². The van der Waals surface area contributed by atoms with Crippen LogP contribution < -0.4 is 0 Å². The molecule has 0 amide bonds. The van der Waals surface area contributed by atoms with E-state index in [-0.39, 0.29) is 0 Å². The molecule has 0 N–H and O–H groups in total. The third kappa shape index (κ3) is 10.5. The molecule has 0 saturated carbocycles.